The van der Waals surface area contributed by atoms with Crippen LogP contribution in [0.1, 0.15) is 108 Å². The van der Waals surface area contributed by atoms with Crippen LogP contribution in [0.15, 0.2) is 60.7 Å². The summed E-state index contributed by atoms with van der Waals surface area (Å²) in [7, 11) is -7.17. The number of benzene rings is 2. The van der Waals surface area contributed by atoms with E-state index >= 15 is 0 Å². The molecule has 5 N–H and O–H groups in total. The van der Waals surface area contributed by atoms with Crippen molar-refractivity contribution in [1.29, 1.82) is 0 Å². The van der Waals surface area contributed by atoms with Crippen LogP contribution in [-0.2, 0) is 20.0 Å². The van der Waals surface area contributed by atoms with Gasteiger partial charge in [-0.25, -0.2) is 36.7 Å². The molecule has 0 radical (unpaired) electrons. The minimum atomic E-state index is -3.59. The summed E-state index contributed by atoms with van der Waals surface area (Å²) >= 11 is 30.9. The third-order valence-corrected chi connectivity index (χ3v) is 14.7. The van der Waals surface area contributed by atoms with Gasteiger partial charge in [-0.15, -0.1) is 0 Å². The van der Waals surface area contributed by atoms with Crippen LogP contribution in [-0.4, -0.2) is 119 Å². The van der Waals surface area contributed by atoms with Gasteiger partial charge >= 0.3 is 0 Å². The average molecular weight is 1140 g/mol. The molecule has 27 heteroatoms. The van der Waals surface area contributed by atoms with Crippen molar-refractivity contribution in [2.45, 2.75) is 76.3 Å². The Balaban J connectivity index is 0.000000176. The second kappa shape index (κ2) is 23.8. The first-order chi connectivity index (χ1) is 34.8. The first-order valence-corrected chi connectivity index (χ1v) is 29.4. The maximum Gasteiger partial charge on any atom is 0.256 e. The summed E-state index contributed by atoms with van der Waals surface area (Å²) in [4.78, 5) is 39.4. The Hall–Kier alpha value is -4.75. The van der Waals surface area contributed by atoms with Gasteiger partial charge in [-0.05, 0) is 101 Å². The summed E-state index contributed by atoms with van der Waals surface area (Å²) in [6.07, 6.45) is 11.8. The zero-order chi connectivity index (χ0) is 52.0. The fourth-order valence-electron chi connectivity index (χ4n) is 9.12. The van der Waals surface area contributed by atoms with Crippen LogP contribution in [0.2, 0.25) is 25.5 Å². The molecule has 0 aliphatic carbocycles. The predicted octanol–water partition coefficient (Wildman–Crippen LogP) is 8.18. The van der Waals surface area contributed by atoms with Gasteiger partial charge in [0.25, 0.3) is 11.8 Å². The van der Waals surface area contributed by atoms with E-state index in [4.69, 9.17) is 63.1 Å². The monoisotopic (exact) mass is 1140 g/mol. The van der Waals surface area contributed by atoms with Crippen molar-refractivity contribution in [3.63, 3.8) is 0 Å². The van der Waals surface area contributed by atoms with E-state index in [2.05, 4.69) is 40.8 Å². The number of hydrogen-bond donors (Lipinski definition) is 5. The molecule has 2 atom stereocenters. The molecular weight excluding hydrogens is 1090 g/mol. The third kappa shape index (κ3) is 14.0. The van der Waals surface area contributed by atoms with E-state index in [0.717, 1.165) is 89.5 Å². The molecule has 2 amide bonds. The van der Waals surface area contributed by atoms with Crippen molar-refractivity contribution in [3.8, 4) is 0 Å². The van der Waals surface area contributed by atoms with Crippen molar-refractivity contribution < 1.29 is 26.4 Å². The molecule has 0 bridgehead atoms. The molecular formula is C46H55Cl5N14O6S2. The molecule has 4 aliphatic heterocycles. The van der Waals surface area contributed by atoms with Gasteiger partial charge in [-0.1, -0.05) is 58.0 Å². The maximum absolute atomic E-state index is 13.8. The van der Waals surface area contributed by atoms with E-state index in [9.17, 15) is 26.4 Å². The van der Waals surface area contributed by atoms with Crippen LogP contribution in [0.4, 0.5) is 17.2 Å². The summed E-state index contributed by atoms with van der Waals surface area (Å²) in [6, 6.07) is 15.3. The number of rotatable bonds is 9. The number of likely N-dealkylation sites (tertiary alicyclic amines) is 2. The number of piperidine rings is 2. The van der Waals surface area contributed by atoms with Crippen LogP contribution < -0.4 is 30.7 Å². The topological polar surface area (TPSA) is 233 Å². The van der Waals surface area contributed by atoms with Crippen LogP contribution in [0.25, 0.3) is 11.3 Å². The smallest absolute Gasteiger partial charge is 0.256 e. The quantitative estimate of drug-likeness (QED) is 0.0860. The molecule has 6 aromatic rings. The van der Waals surface area contributed by atoms with Crippen molar-refractivity contribution in [3.05, 3.63) is 109 Å². The molecule has 8 heterocycles. The number of carbonyl (C=O) groups excluding carboxylic acids is 2. The number of nitrogens with one attached hydrogen (secondary N) is 5. The third-order valence-electron chi connectivity index (χ3n) is 12.4. The highest BCUT2D eigenvalue weighted by Crippen LogP contribution is 2.37. The van der Waals surface area contributed by atoms with Gasteiger partial charge in [0.2, 0.25) is 20.0 Å². The Bertz CT molecular complexity index is 3200. The van der Waals surface area contributed by atoms with E-state index in [-0.39, 0.29) is 51.6 Å². The Morgan fingerprint density at radius 1 is 0.575 bits per heavy atom. The van der Waals surface area contributed by atoms with E-state index < -0.39 is 20.0 Å². The van der Waals surface area contributed by atoms with E-state index in [1.807, 2.05) is 11.1 Å². The van der Waals surface area contributed by atoms with Crippen LogP contribution in [0, 0.1) is 0 Å². The number of amides is 2. The lowest BCUT2D eigenvalue weighted by molar-refractivity contribution is 0.0600. The van der Waals surface area contributed by atoms with Gasteiger partial charge in [0.05, 0.1) is 58.5 Å². The molecule has 10 rings (SSSR count). The fraction of sp³-hybridized carbons (Fsp3) is 0.435. The van der Waals surface area contributed by atoms with Gasteiger partial charge in [-0.3, -0.25) is 34.9 Å². The highest BCUT2D eigenvalue weighted by atomic mass is 35.5. The number of anilines is 3. The van der Waals surface area contributed by atoms with Gasteiger partial charge in [-0.2, -0.15) is 14.7 Å². The molecule has 0 unspecified atom stereocenters. The van der Waals surface area contributed by atoms with E-state index in [1.54, 1.807) is 32.5 Å². The lowest BCUT2D eigenvalue weighted by atomic mass is 9.98. The highest BCUT2D eigenvalue weighted by molar-refractivity contribution is 7.92. The molecule has 4 fully saturated rings. The number of nitrogens with zero attached hydrogens (tertiary/aromatic N) is 9. The van der Waals surface area contributed by atoms with Crippen LogP contribution in [0.3, 0.4) is 0 Å². The second-order valence-corrected chi connectivity index (χ2v) is 23.5. The molecule has 0 saturated carbocycles. The van der Waals surface area contributed by atoms with Crippen molar-refractivity contribution in [2.75, 3.05) is 66.2 Å². The van der Waals surface area contributed by atoms with Crippen LogP contribution in [0.5, 0.6) is 0 Å². The standard InChI is InChI=1S/C23H27Cl2N7O3S.C19H18Cl3N5O3S.C4H10N2/c1-36(34,35)29-17-8-7-15(24)12-16(17)23(33)30-10-4-2-6-19(30)18-13-21-27-20(25)14-22(32(21)28-18)31-11-5-3-9-26-31;1-31(29,30)25-13-6-5-11(20)8-12(13)19(28)26-7-3-2-4-15(26)14-9-18-23-16(21)10-17(22)27(18)24-14;1-2-4-6-5-3-1/h7-8,12-14,19,26,29H,2-6,9-11H2,1H3;5-6,8-10,15,25H,2-4,7H2,1H3;5-6H,1-4H2/t19-;15-;/m00./s1. The summed E-state index contributed by atoms with van der Waals surface area (Å²) < 4.78 is 55.4. The lowest BCUT2D eigenvalue weighted by Gasteiger charge is -2.35. The zero-order valence-electron chi connectivity index (χ0n) is 39.9. The molecule has 4 aromatic heterocycles. The van der Waals surface area contributed by atoms with E-state index in [0.29, 0.717) is 62.5 Å². The average Bonchev–Trinajstić information content (AvgIpc) is 4.00. The Morgan fingerprint density at radius 3 is 1.51 bits per heavy atom. The number of carbonyl (C=O) groups is 2. The Kier molecular flexibility index (Phi) is 17.8. The maximum atomic E-state index is 13.8. The summed E-state index contributed by atoms with van der Waals surface area (Å²) in [5.41, 5.74) is 12.6. The number of fused-ring (bicyclic) bond motifs is 2. The number of sulfonamides is 2. The Morgan fingerprint density at radius 2 is 1.04 bits per heavy atom. The summed E-state index contributed by atoms with van der Waals surface area (Å²) in [6.45, 7) is 4.97. The van der Waals surface area contributed by atoms with E-state index in [1.165, 1.54) is 53.8 Å². The number of hydrazine groups is 2. The molecule has 73 heavy (non-hydrogen) atoms. The van der Waals surface area contributed by atoms with Crippen molar-refractivity contribution in [1.82, 2.24) is 55.3 Å². The first kappa shape index (κ1) is 54.5. The van der Waals surface area contributed by atoms with Gasteiger partial charge < -0.3 is 9.80 Å². The summed E-state index contributed by atoms with van der Waals surface area (Å²) in [5.74, 6) is 0.140. The number of hydrogen-bond acceptors (Lipinski definition) is 14. The first-order valence-electron chi connectivity index (χ1n) is 23.7. The molecule has 2 aromatic carbocycles. The fourth-order valence-corrected chi connectivity index (χ4v) is 11.3. The number of aromatic nitrogens is 6. The van der Waals surface area contributed by atoms with Crippen molar-refractivity contribution >= 4 is 118 Å². The Labute approximate surface area is 448 Å². The number of halogens is 5. The minimum absolute atomic E-state index is 0.174. The van der Waals surface area contributed by atoms with Crippen molar-refractivity contribution in [2.24, 2.45) is 0 Å². The molecule has 4 aliphatic rings. The SMILES string of the molecule is C1CCNNC1.CS(=O)(=O)Nc1ccc(Cl)cc1C(=O)N1CCCC[C@H]1c1cc2nc(Cl)cc(Cl)n2n1.CS(=O)(=O)Nc1ccc(Cl)cc1C(=O)N1CCCC[C@H]1c1cc2nc(Cl)cc(N3CCCCN3)n2n1. The second-order valence-electron chi connectivity index (χ2n) is 18.0. The zero-order valence-corrected chi connectivity index (χ0v) is 45.3. The molecule has 392 valence electrons. The molecule has 0 spiro atoms. The van der Waals surface area contributed by atoms with Gasteiger partial charge in [0.1, 0.15) is 21.3 Å². The lowest BCUT2D eigenvalue weighted by Crippen LogP contribution is -2.44. The van der Waals surface area contributed by atoms with Crippen LogP contribution >= 0.6 is 58.0 Å². The van der Waals surface area contributed by atoms with Gasteiger partial charge in [0.15, 0.2) is 11.3 Å². The highest BCUT2D eigenvalue weighted by Gasteiger charge is 2.34. The van der Waals surface area contributed by atoms with Gasteiger partial charge in [0, 0.05) is 73.6 Å². The largest absolute Gasteiger partial charge is 0.330 e. The minimum Gasteiger partial charge on any atom is -0.330 e. The predicted molar refractivity (Wildman–Crippen MR) is 286 cm³/mol. The summed E-state index contributed by atoms with van der Waals surface area (Å²) in [5, 5.41) is 13.0. The molecule has 20 nitrogen and oxygen atoms in total. The molecule has 4 saturated heterocycles. The normalized spacial score (nSPS) is 18.6.